The van der Waals surface area contributed by atoms with Crippen molar-refractivity contribution >= 4 is 12.0 Å². The van der Waals surface area contributed by atoms with Crippen molar-refractivity contribution in [1.82, 2.24) is 5.32 Å². The highest BCUT2D eigenvalue weighted by Crippen LogP contribution is 2.21. The Labute approximate surface area is 134 Å². The summed E-state index contributed by atoms with van der Waals surface area (Å²) in [6.07, 6.45) is 5.52. The summed E-state index contributed by atoms with van der Waals surface area (Å²) in [5, 5.41) is 5.59. The van der Waals surface area contributed by atoms with E-state index in [1.165, 1.54) is 5.56 Å². The molecule has 1 aromatic rings. The molecule has 0 unspecified atom stereocenters. The lowest BCUT2D eigenvalue weighted by Crippen LogP contribution is -3.06. The highest BCUT2D eigenvalue weighted by Gasteiger charge is 2.41. The third kappa shape index (κ3) is 4.99. The molecule has 3 N–H and O–H groups in total. The third-order valence-corrected chi connectivity index (χ3v) is 4.18. The van der Waals surface area contributed by atoms with E-state index in [0.29, 0.717) is 0 Å². The maximum absolute atomic E-state index is 12.2. The maximum atomic E-state index is 12.2. The van der Waals surface area contributed by atoms with E-state index in [1.807, 2.05) is 18.2 Å². The van der Waals surface area contributed by atoms with Crippen molar-refractivity contribution in [2.45, 2.75) is 64.6 Å². The fourth-order valence-corrected chi connectivity index (χ4v) is 3.72. The van der Waals surface area contributed by atoms with Crippen LogP contribution >= 0.6 is 0 Å². The van der Waals surface area contributed by atoms with Gasteiger partial charge in [-0.15, -0.1) is 0 Å². The molecule has 0 bridgehead atoms. The molecule has 2 rings (SSSR count). The first-order valence-electron chi connectivity index (χ1n) is 8.08. The minimum atomic E-state index is -0.000856. The van der Waals surface area contributed by atoms with E-state index in [4.69, 9.17) is 0 Å². The summed E-state index contributed by atoms with van der Waals surface area (Å²) in [6, 6.07) is 8.41. The van der Waals surface area contributed by atoms with Crippen LogP contribution in [0.15, 0.2) is 30.3 Å². The molecule has 1 aromatic carbocycles. The monoisotopic (exact) mass is 301 g/mol. The molecule has 1 aliphatic heterocycles. The Morgan fingerprint density at radius 3 is 2.23 bits per heavy atom. The van der Waals surface area contributed by atoms with Gasteiger partial charge in [-0.25, -0.2) is 0 Å². The summed E-state index contributed by atoms with van der Waals surface area (Å²) < 4.78 is 0. The molecule has 0 atom stereocenters. The zero-order valence-corrected chi connectivity index (χ0v) is 14.4. The van der Waals surface area contributed by atoms with Crippen LogP contribution in [-0.2, 0) is 4.79 Å². The van der Waals surface area contributed by atoms with Gasteiger partial charge in [0.05, 0.1) is 11.1 Å². The fourth-order valence-electron chi connectivity index (χ4n) is 3.72. The van der Waals surface area contributed by atoms with Gasteiger partial charge < -0.3 is 10.6 Å². The first-order valence-corrected chi connectivity index (χ1v) is 8.08. The number of quaternary nitrogens is 1. The molecular weight excluding hydrogens is 272 g/mol. The quantitative estimate of drug-likeness (QED) is 0.828. The normalized spacial score (nSPS) is 21.0. The Bertz CT molecular complexity index is 539. The number of hydrogen-bond acceptors (Lipinski definition) is 1. The number of rotatable bonds is 3. The summed E-state index contributed by atoms with van der Waals surface area (Å²) in [6.45, 7) is 11.0. The average molecular weight is 301 g/mol. The molecule has 1 aliphatic rings. The Morgan fingerprint density at radius 1 is 1.14 bits per heavy atom. The summed E-state index contributed by atoms with van der Waals surface area (Å²) >= 11 is 0. The molecule has 1 heterocycles. The van der Waals surface area contributed by atoms with Crippen molar-refractivity contribution < 1.29 is 10.1 Å². The van der Waals surface area contributed by atoms with Gasteiger partial charge in [-0.2, -0.15) is 0 Å². The number of nitrogens with one attached hydrogen (secondary N) is 1. The second kappa shape index (κ2) is 6.25. The number of amides is 1. The van der Waals surface area contributed by atoms with Crippen LogP contribution in [0.25, 0.3) is 6.08 Å². The Morgan fingerprint density at radius 2 is 1.68 bits per heavy atom. The molecule has 0 radical (unpaired) electrons. The van der Waals surface area contributed by atoms with Crippen molar-refractivity contribution in [3.8, 4) is 0 Å². The highest BCUT2D eigenvalue weighted by molar-refractivity contribution is 5.91. The molecule has 22 heavy (non-hydrogen) atoms. The number of carbonyl (C=O) groups is 1. The van der Waals surface area contributed by atoms with E-state index in [-0.39, 0.29) is 23.0 Å². The summed E-state index contributed by atoms with van der Waals surface area (Å²) in [7, 11) is 0. The lowest BCUT2D eigenvalue weighted by atomic mass is 9.79. The first-order chi connectivity index (χ1) is 10.2. The van der Waals surface area contributed by atoms with Gasteiger partial charge in [-0.1, -0.05) is 29.8 Å². The number of aryl methyl sites for hydroxylation is 1. The van der Waals surface area contributed by atoms with Crippen molar-refractivity contribution in [2.24, 2.45) is 0 Å². The standard InChI is InChI=1S/C19H28N2O/c1-14-6-8-15(9-7-14)10-11-17(22)20-16-12-18(2,3)21-19(4,5)13-16/h6-11,16,21H,12-13H2,1-5H3,(H,20,22)/p+1/b11-10+. The van der Waals surface area contributed by atoms with Crippen LogP contribution < -0.4 is 10.6 Å². The summed E-state index contributed by atoms with van der Waals surface area (Å²) in [4.78, 5) is 12.2. The minimum absolute atomic E-state index is 0.000856. The van der Waals surface area contributed by atoms with Crippen LogP contribution in [0.4, 0.5) is 0 Å². The van der Waals surface area contributed by atoms with Gasteiger partial charge in [0.1, 0.15) is 0 Å². The predicted molar refractivity (Wildman–Crippen MR) is 91.5 cm³/mol. The predicted octanol–water partition coefficient (Wildman–Crippen LogP) is 2.41. The van der Waals surface area contributed by atoms with Gasteiger partial charge in [-0.05, 0) is 46.3 Å². The van der Waals surface area contributed by atoms with Gasteiger partial charge in [0, 0.05) is 25.0 Å². The summed E-state index contributed by atoms with van der Waals surface area (Å²) in [5.41, 5.74) is 2.61. The molecule has 1 fully saturated rings. The molecule has 3 nitrogen and oxygen atoms in total. The number of nitrogens with two attached hydrogens (primary N) is 1. The van der Waals surface area contributed by atoms with E-state index in [1.54, 1.807) is 6.08 Å². The molecule has 1 saturated heterocycles. The Hall–Kier alpha value is -1.61. The number of benzene rings is 1. The van der Waals surface area contributed by atoms with Gasteiger partial charge in [0.15, 0.2) is 0 Å². The zero-order chi connectivity index (χ0) is 16.4. The van der Waals surface area contributed by atoms with Crippen LogP contribution in [-0.4, -0.2) is 23.0 Å². The fraction of sp³-hybridized carbons (Fsp3) is 0.526. The number of hydrogen-bond donors (Lipinski definition) is 2. The second-order valence-electron chi connectivity index (χ2n) is 7.98. The van der Waals surface area contributed by atoms with Gasteiger partial charge in [-0.3, -0.25) is 4.79 Å². The van der Waals surface area contributed by atoms with Crippen molar-refractivity contribution in [2.75, 3.05) is 0 Å². The minimum Gasteiger partial charge on any atom is -0.349 e. The molecule has 3 heteroatoms. The molecule has 0 aliphatic carbocycles. The third-order valence-electron chi connectivity index (χ3n) is 4.18. The van der Waals surface area contributed by atoms with Crippen LogP contribution in [0.1, 0.15) is 51.7 Å². The van der Waals surface area contributed by atoms with Gasteiger partial charge >= 0.3 is 0 Å². The van der Waals surface area contributed by atoms with Gasteiger partial charge in [0.2, 0.25) is 5.91 Å². The first kappa shape index (κ1) is 16.8. The molecule has 0 spiro atoms. The van der Waals surface area contributed by atoms with E-state index < -0.39 is 0 Å². The van der Waals surface area contributed by atoms with Crippen molar-refractivity contribution in [3.63, 3.8) is 0 Å². The smallest absolute Gasteiger partial charge is 0.244 e. The largest absolute Gasteiger partial charge is 0.349 e. The second-order valence-corrected chi connectivity index (χ2v) is 7.98. The Balaban J connectivity index is 1.95. The van der Waals surface area contributed by atoms with Crippen LogP contribution in [0.3, 0.4) is 0 Å². The molecule has 1 amide bonds. The highest BCUT2D eigenvalue weighted by atomic mass is 16.1. The van der Waals surface area contributed by atoms with Crippen molar-refractivity contribution in [3.05, 3.63) is 41.5 Å². The summed E-state index contributed by atoms with van der Waals surface area (Å²) in [5.74, 6) is -0.000856. The number of carbonyl (C=O) groups excluding carboxylic acids is 1. The molecule has 0 aromatic heterocycles. The number of piperidine rings is 1. The zero-order valence-electron chi connectivity index (χ0n) is 14.4. The molecule has 0 saturated carbocycles. The van der Waals surface area contributed by atoms with Crippen LogP contribution in [0.5, 0.6) is 0 Å². The van der Waals surface area contributed by atoms with E-state index in [2.05, 4.69) is 57.4 Å². The molecule has 120 valence electrons. The topological polar surface area (TPSA) is 45.7 Å². The van der Waals surface area contributed by atoms with E-state index in [9.17, 15) is 4.79 Å². The average Bonchev–Trinajstić information content (AvgIpc) is 2.34. The van der Waals surface area contributed by atoms with Crippen molar-refractivity contribution in [1.29, 1.82) is 0 Å². The lowest BCUT2D eigenvalue weighted by molar-refractivity contribution is -0.787. The van der Waals surface area contributed by atoms with Crippen LogP contribution in [0.2, 0.25) is 0 Å². The molecular formula is C19H29N2O+. The Kier molecular flexibility index (Phi) is 4.76. The lowest BCUT2D eigenvalue weighted by Gasteiger charge is -2.43. The van der Waals surface area contributed by atoms with E-state index in [0.717, 1.165) is 18.4 Å². The van der Waals surface area contributed by atoms with Crippen LogP contribution in [0, 0.1) is 6.92 Å². The van der Waals surface area contributed by atoms with Gasteiger partial charge in [0.25, 0.3) is 0 Å². The van der Waals surface area contributed by atoms with E-state index >= 15 is 0 Å². The SMILES string of the molecule is Cc1ccc(/C=C/C(=O)NC2CC(C)(C)[NH2+]C(C)(C)C2)cc1. The maximum Gasteiger partial charge on any atom is 0.244 e.